The fraction of sp³-hybridized carbons (Fsp3) is 1.00. The summed E-state index contributed by atoms with van der Waals surface area (Å²) in [5.41, 5.74) is 0. The van der Waals surface area contributed by atoms with Gasteiger partial charge in [0.15, 0.2) is 0 Å². The van der Waals surface area contributed by atoms with E-state index in [1.54, 1.807) is 0 Å². The second kappa shape index (κ2) is 8.81. The van der Waals surface area contributed by atoms with E-state index in [9.17, 15) is 16.8 Å². The van der Waals surface area contributed by atoms with Crippen molar-refractivity contribution in [2.24, 2.45) is 0 Å². The van der Waals surface area contributed by atoms with Crippen LogP contribution in [0.3, 0.4) is 0 Å². The summed E-state index contributed by atoms with van der Waals surface area (Å²) >= 11 is 0. The Morgan fingerprint density at radius 2 is 1.11 bits per heavy atom. The zero-order valence-electron chi connectivity index (χ0n) is 11.2. The maximum atomic E-state index is 10.2. The van der Waals surface area contributed by atoms with Gasteiger partial charge in [-0.1, -0.05) is 27.7 Å². The van der Waals surface area contributed by atoms with Crippen LogP contribution in [-0.4, -0.2) is 55.1 Å². The Bertz CT molecular complexity index is 361. The van der Waals surface area contributed by atoms with Crippen LogP contribution < -0.4 is 0 Å². The molecule has 0 atom stereocenters. The van der Waals surface area contributed by atoms with Gasteiger partial charge in [0.25, 0.3) is 20.2 Å². The normalized spacial score (nSPS) is 12.4. The van der Waals surface area contributed by atoms with E-state index >= 15 is 0 Å². The number of hydrogen-bond acceptors (Lipinski definition) is 5. The first-order valence-corrected chi connectivity index (χ1v) is 8.70. The van der Waals surface area contributed by atoms with Gasteiger partial charge in [-0.3, -0.25) is 9.11 Å². The van der Waals surface area contributed by atoms with Crippen molar-refractivity contribution in [1.82, 2.24) is 4.90 Å². The van der Waals surface area contributed by atoms with Crippen molar-refractivity contribution in [2.75, 3.05) is 19.6 Å². The molecule has 0 bridgehead atoms. The van der Waals surface area contributed by atoms with Gasteiger partial charge in [-0.25, -0.2) is 0 Å². The molecule has 0 aliphatic heterocycles. The molecule has 0 saturated heterocycles. The van der Waals surface area contributed by atoms with E-state index in [0.29, 0.717) is 0 Å². The third-order valence-electron chi connectivity index (χ3n) is 2.34. The largest absolute Gasteiger partial charge is 0.304 e. The molecule has 0 saturated carbocycles. The van der Waals surface area contributed by atoms with Gasteiger partial charge in [0.05, 0.1) is 0 Å². The van der Waals surface area contributed by atoms with Crippen molar-refractivity contribution in [3.8, 4) is 0 Å². The van der Waals surface area contributed by atoms with E-state index in [0.717, 1.165) is 0 Å². The minimum atomic E-state index is -4.71. The molecule has 0 aliphatic carbocycles. The first-order valence-electron chi connectivity index (χ1n) is 5.69. The average molecular weight is 305 g/mol. The van der Waals surface area contributed by atoms with Crippen molar-refractivity contribution < 1.29 is 25.9 Å². The zero-order valence-corrected chi connectivity index (χ0v) is 12.8. The van der Waals surface area contributed by atoms with Crippen LogP contribution in [0, 0.1) is 0 Å². The predicted molar refractivity (Wildman–Crippen MR) is 70.6 cm³/mol. The standard InChI is InChI=1S/C6H15N.C3H8O6S2/c1-4-7(5-2)6-3;1-2-3(10(4,5)6)11(7,8)9/h4-6H2,1-3H3;3H,2H2,1H3,(H,4,5,6)(H,7,8,9). The zero-order chi connectivity index (χ0) is 15.0. The summed E-state index contributed by atoms with van der Waals surface area (Å²) in [5, 5.41) is 0. The lowest BCUT2D eigenvalue weighted by atomic mass is 10.5. The van der Waals surface area contributed by atoms with Crippen molar-refractivity contribution in [3.63, 3.8) is 0 Å². The number of rotatable bonds is 6. The lowest BCUT2D eigenvalue weighted by Crippen LogP contribution is -2.28. The molecule has 0 amide bonds. The molecule has 9 heteroatoms. The molecule has 18 heavy (non-hydrogen) atoms. The van der Waals surface area contributed by atoms with Crippen LogP contribution in [0.2, 0.25) is 0 Å². The molecule has 0 aromatic heterocycles. The van der Waals surface area contributed by atoms with E-state index in [-0.39, 0.29) is 0 Å². The first kappa shape index (κ1) is 20.1. The van der Waals surface area contributed by atoms with Crippen LogP contribution in [-0.2, 0) is 20.2 Å². The van der Waals surface area contributed by atoms with E-state index in [1.807, 2.05) is 0 Å². The van der Waals surface area contributed by atoms with Crippen molar-refractivity contribution in [3.05, 3.63) is 0 Å². The van der Waals surface area contributed by atoms with Gasteiger partial charge in [0.2, 0.25) is 4.58 Å². The molecular weight excluding hydrogens is 282 g/mol. The van der Waals surface area contributed by atoms with Crippen LogP contribution in [0.1, 0.15) is 34.1 Å². The van der Waals surface area contributed by atoms with E-state index in [1.165, 1.54) is 26.6 Å². The van der Waals surface area contributed by atoms with Gasteiger partial charge in [-0.05, 0) is 26.1 Å². The molecule has 0 fully saturated rings. The molecule has 0 unspecified atom stereocenters. The molecule has 0 aromatic carbocycles. The Morgan fingerprint density at radius 3 is 1.11 bits per heavy atom. The lowest BCUT2D eigenvalue weighted by Gasteiger charge is -2.13. The molecule has 0 aliphatic rings. The topological polar surface area (TPSA) is 112 Å². The van der Waals surface area contributed by atoms with Crippen molar-refractivity contribution in [1.29, 1.82) is 0 Å². The molecule has 0 rings (SSSR count). The Balaban J connectivity index is 0. The fourth-order valence-corrected chi connectivity index (χ4v) is 3.32. The highest BCUT2D eigenvalue weighted by Crippen LogP contribution is 2.09. The molecule has 112 valence electrons. The highest BCUT2D eigenvalue weighted by atomic mass is 32.3. The van der Waals surface area contributed by atoms with Gasteiger partial charge >= 0.3 is 0 Å². The Hall–Kier alpha value is -0.220. The number of hydrogen-bond donors (Lipinski definition) is 2. The minimum absolute atomic E-state index is 0.391. The summed E-state index contributed by atoms with van der Waals surface area (Å²) in [6, 6.07) is 0. The third-order valence-corrected chi connectivity index (χ3v) is 5.79. The van der Waals surface area contributed by atoms with Crippen LogP contribution in [0.4, 0.5) is 0 Å². The van der Waals surface area contributed by atoms with Crippen LogP contribution in [0.25, 0.3) is 0 Å². The van der Waals surface area contributed by atoms with Crippen LogP contribution in [0.5, 0.6) is 0 Å². The summed E-state index contributed by atoms with van der Waals surface area (Å²) in [5.74, 6) is 0. The minimum Gasteiger partial charge on any atom is -0.304 e. The summed E-state index contributed by atoms with van der Waals surface area (Å²) in [4.78, 5) is 2.38. The SMILES string of the molecule is CCC(S(=O)(=O)O)S(=O)(=O)O.CCN(CC)CC. The van der Waals surface area contributed by atoms with Gasteiger partial charge in [-0.2, -0.15) is 16.8 Å². The van der Waals surface area contributed by atoms with Gasteiger partial charge < -0.3 is 4.90 Å². The summed E-state index contributed by atoms with van der Waals surface area (Å²) < 4.78 is 55.3. The van der Waals surface area contributed by atoms with Crippen LogP contribution >= 0.6 is 0 Å². The second-order valence-corrected chi connectivity index (χ2v) is 6.98. The maximum Gasteiger partial charge on any atom is 0.284 e. The molecule has 0 spiro atoms. The van der Waals surface area contributed by atoms with E-state index in [4.69, 9.17) is 9.11 Å². The van der Waals surface area contributed by atoms with Crippen molar-refractivity contribution in [2.45, 2.75) is 38.7 Å². The molecule has 2 N–H and O–H groups in total. The van der Waals surface area contributed by atoms with E-state index in [2.05, 4.69) is 25.7 Å². The Labute approximate surface area is 110 Å². The van der Waals surface area contributed by atoms with Crippen LogP contribution in [0.15, 0.2) is 0 Å². The molecule has 0 radical (unpaired) electrons. The maximum absolute atomic E-state index is 10.2. The summed E-state index contributed by atoms with van der Waals surface area (Å²) in [7, 11) is -9.42. The van der Waals surface area contributed by atoms with Gasteiger partial charge in [0, 0.05) is 0 Å². The summed E-state index contributed by atoms with van der Waals surface area (Å²) in [6.45, 7) is 11.3. The second-order valence-electron chi connectivity index (χ2n) is 3.49. The van der Waals surface area contributed by atoms with Crippen molar-refractivity contribution >= 4 is 20.2 Å². The molecular formula is C9H23NO6S2. The molecule has 7 nitrogen and oxygen atoms in total. The quantitative estimate of drug-likeness (QED) is 0.699. The Kier molecular flexibility index (Phi) is 9.84. The van der Waals surface area contributed by atoms with Gasteiger partial charge in [-0.15, -0.1) is 0 Å². The highest BCUT2D eigenvalue weighted by molar-refractivity contribution is 8.03. The van der Waals surface area contributed by atoms with E-state index < -0.39 is 31.2 Å². The Morgan fingerprint density at radius 1 is 0.833 bits per heavy atom. The monoisotopic (exact) mass is 305 g/mol. The predicted octanol–water partition coefficient (Wildman–Crippen LogP) is 0.846. The smallest absolute Gasteiger partial charge is 0.284 e. The van der Waals surface area contributed by atoms with Gasteiger partial charge in [0.1, 0.15) is 0 Å². The lowest BCUT2D eigenvalue weighted by molar-refractivity contribution is 0.321. The number of nitrogens with zero attached hydrogens (tertiary/aromatic N) is 1. The molecule has 0 heterocycles. The summed E-state index contributed by atoms with van der Waals surface area (Å²) in [6.07, 6.45) is -0.391. The average Bonchev–Trinajstić information content (AvgIpc) is 2.17. The fourth-order valence-electron chi connectivity index (χ4n) is 1.25. The molecule has 0 aromatic rings. The third kappa shape index (κ3) is 8.81. The first-order chi connectivity index (χ1) is 8.04. The highest BCUT2D eigenvalue weighted by Gasteiger charge is 2.33.